The summed E-state index contributed by atoms with van der Waals surface area (Å²) in [5.74, 6) is -0.226. The number of likely N-dealkylation sites (tertiary alicyclic amines) is 1. The zero-order valence-electron chi connectivity index (χ0n) is 19.1. The normalized spacial score (nSPS) is 15.4. The molecule has 5 nitrogen and oxygen atoms in total. The van der Waals surface area contributed by atoms with Crippen LogP contribution in [0.15, 0.2) is 84.9 Å². The maximum Gasteiger partial charge on any atom is 0.251 e. The van der Waals surface area contributed by atoms with Crippen molar-refractivity contribution in [1.29, 1.82) is 0 Å². The van der Waals surface area contributed by atoms with Gasteiger partial charge in [-0.25, -0.2) is 0 Å². The summed E-state index contributed by atoms with van der Waals surface area (Å²) < 4.78 is 0. The minimum atomic E-state index is -0.390. The second-order valence-electron chi connectivity index (χ2n) is 8.75. The number of nitrogens with one attached hydrogen (secondary N) is 2. The lowest BCUT2D eigenvalue weighted by Crippen LogP contribution is -2.45. The fourth-order valence-electron chi connectivity index (χ4n) is 4.32. The second-order valence-corrected chi connectivity index (χ2v) is 9.19. The number of hydrogen-bond donors (Lipinski definition) is 2. The Morgan fingerprint density at radius 3 is 2.15 bits per heavy atom. The maximum atomic E-state index is 12.9. The standard InChI is InChI=1S/C28H30ClN3O2/c29-24-13-11-21(12-14-24)20-32-17-15-25(16-18-32)30-27(33)19-26(22-7-3-1-4-8-22)31-28(34)23-9-5-2-6-10-23/h1-14,25-26H,15-20H2,(H,30,33)(H,31,34). The SMILES string of the molecule is O=C(CC(NC(=O)c1ccccc1)c1ccccc1)NC1CCN(Cc2ccc(Cl)cc2)CC1. The molecule has 0 aliphatic carbocycles. The van der Waals surface area contributed by atoms with Crippen LogP contribution < -0.4 is 10.6 Å². The number of amides is 2. The van der Waals surface area contributed by atoms with Crippen molar-refractivity contribution in [3.63, 3.8) is 0 Å². The molecule has 6 heteroatoms. The first-order valence-electron chi connectivity index (χ1n) is 11.7. The lowest BCUT2D eigenvalue weighted by atomic mass is 10.0. The van der Waals surface area contributed by atoms with Crippen LogP contribution in [0.1, 0.15) is 46.8 Å². The van der Waals surface area contributed by atoms with E-state index in [9.17, 15) is 9.59 Å². The highest BCUT2D eigenvalue weighted by Crippen LogP contribution is 2.19. The molecule has 2 N–H and O–H groups in total. The van der Waals surface area contributed by atoms with Gasteiger partial charge in [0.2, 0.25) is 5.91 Å². The Morgan fingerprint density at radius 1 is 0.882 bits per heavy atom. The van der Waals surface area contributed by atoms with Crippen LogP contribution >= 0.6 is 11.6 Å². The molecule has 0 spiro atoms. The van der Waals surface area contributed by atoms with Gasteiger partial charge >= 0.3 is 0 Å². The lowest BCUT2D eigenvalue weighted by molar-refractivity contribution is -0.122. The van der Waals surface area contributed by atoms with E-state index in [1.807, 2.05) is 60.7 Å². The Morgan fingerprint density at radius 2 is 1.50 bits per heavy atom. The summed E-state index contributed by atoms with van der Waals surface area (Å²) in [6.07, 6.45) is 2.02. The fourth-order valence-corrected chi connectivity index (χ4v) is 4.45. The highest BCUT2D eigenvalue weighted by molar-refractivity contribution is 6.30. The third-order valence-corrected chi connectivity index (χ3v) is 6.46. The Bertz CT molecular complexity index is 1070. The van der Waals surface area contributed by atoms with Crippen LogP contribution in [0.5, 0.6) is 0 Å². The van der Waals surface area contributed by atoms with Gasteiger partial charge in [0.15, 0.2) is 0 Å². The molecule has 2 amide bonds. The van der Waals surface area contributed by atoms with Gasteiger partial charge in [0.25, 0.3) is 5.91 Å². The minimum Gasteiger partial charge on any atom is -0.353 e. The molecule has 4 rings (SSSR count). The van der Waals surface area contributed by atoms with E-state index in [1.54, 1.807) is 12.1 Å². The average molecular weight is 476 g/mol. The molecular weight excluding hydrogens is 446 g/mol. The summed E-state index contributed by atoms with van der Waals surface area (Å²) in [5.41, 5.74) is 2.74. The van der Waals surface area contributed by atoms with Crippen LogP contribution in [0.2, 0.25) is 5.02 Å². The summed E-state index contributed by atoms with van der Waals surface area (Å²) in [7, 11) is 0. The van der Waals surface area contributed by atoms with Gasteiger partial charge in [-0.3, -0.25) is 14.5 Å². The van der Waals surface area contributed by atoms with Gasteiger partial charge in [0, 0.05) is 36.3 Å². The van der Waals surface area contributed by atoms with Gasteiger partial charge in [-0.2, -0.15) is 0 Å². The van der Waals surface area contributed by atoms with Gasteiger partial charge in [0.1, 0.15) is 0 Å². The lowest BCUT2D eigenvalue weighted by Gasteiger charge is -2.32. The highest BCUT2D eigenvalue weighted by Gasteiger charge is 2.24. The van der Waals surface area contributed by atoms with E-state index in [-0.39, 0.29) is 30.3 Å². The van der Waals surface area contributed by atoms with E-state index in [4.69, 9.17) is 11.6 Å². The first kappa shape index (κ1) is 24.0. The van der Waals surface area contributed by atoms with Gasteiger partial charge in [-0.1, -0.05) is 72.3 Å². The number of carbonyl (C=O) groups excluding carboxylic acids is 2. The molecule has 0 bridgehead atoms. The molecule has 1 heterocycles. The molecule has 176 valence electrons. The Kier molecular flexibility index (Phi) is 8.34. The third kappa shape index (κ3) is 6.92. The van der Waals surface area contributed by atoms with Crippen molar-refractivity contribution in [2.75, 3.05) is 13.1 Å². The fraction of sp³-hybridized carbons (Fsp3) is 0.286. The first-order valence-corrected chi connectivity index (χ1v) is 12.1. The molecule has 3 aromatic carbocycles. The van der Waals surface area contributed by atoms with Crippen molar-refractivity contribution in [1.82, 2.24) is 15.5 Å². The predicted molar refractivity (Wildman–Crippen MR) is 136 cm³/mol. The van der Waals surface area contributed by atoms with Crippen molar-refractivity contribution in [3.05, 3.63) is 107 Å². The van der Waals surface area contributed by atoms with Crippen LogP contribution in [0.3, 0.4) is 0 Å². The first-order chi connectivity index (χ1) is 16.6. The Balaban J connectivity index is 1.30. The Hall–Kier alpha value is -3.15. The Labute approximate surface area is 206 Å². The summed E-state index contributed by atoms with van der Waals surface area (Å²) in [4.78, 5) is 28.1. The topological polar surface area (TPSA) is 61.4 Å². The van der Waals surface area contributed by atoms with E-state index in [0.717, 1.165) is 43.1 Å². The van der Waals surface area contributed by atoms with Crippen LogP contribution in [-0.4, -0.2) is 35.8 Å². The van der Waals surface area contributed by atoms with Crippen molar-refractivity contribution >= 4 is 23.4 Å². The van der Waals surface area contributed by atoms with Crippen molar-refractivity contribution in [3.8, 4) is 0 Å². The van der Waals surface area contributed by atoms with E-state index < -0.39 is 0 Å². The number of hydrogen-bond acceptors (Lipinski definition) is 3. The number of piperidine rings is 1. The van der Waals surface area contributed by atoms with Crippen LogP contribution in [0.25, 0.3) is 0 Å². The second kappa shape index (κ2) is 11.8. The molecule has 1 aliphatic heterocycles. The maximum absolute atomic E-state index is 12.9. The predicted octanol–water partition coefficient (Wildman–Crippen LogP) is 4.98. The number of halogens is 1. The summed E-state index contributed by atoms with van der Waals surface area (Å²) in [6, 6.07) is 26.5. The van der Waals surface area contributed by atoms with Gasteiger partial charge in [-0.15, -0.1) is 0 Å². The van der Waals surface area contributed by atoms with E-state index in [0.29, 0.717) is 5.56 Å². The van der Waals surface area contributed by atoms with Crippen molar-refractivity contribution in [2.45, 2.75) is 37.9 Å². The minimum absolute atomic E-state index is 0.0432. The molecule has 0 aromatic heterocycles. The molecule has 1 saturated heterocycles. The number of rotatable bonds is 8. The summed E-state index contributed by atoms with van der Waals surface area (Å²) in [5, 5.41) is 6.98. The van der Waals surface area contributed by atoms with Crippen LogP contribution in [-0.2, 0) is 11.3 Å². The van der Waals surface area contributed by atoms with Gasteiger partial charge < -0.3 is 10.6 Å². The number of carbonyl (C=O) groups is 2. The summed E-state index contributed by atoms with van der Waals surface area (Å²) >= 11 is 5.98. The van der Waals surface area contributed by atoms with Crippen LogP contribution in [0, 0.1) is 0 Å². The summed E-state index contributed by atoms with van der Waals surface area (Å²) in [6.45, 7) is 2.75. The molecule has 1 aliphatic rings. The smallest absolute Gasteiger partial charge is 0.251 e. The molecule has 1 fully saturated rings. The van der Waals surface area contributed by atoms with Crippen molar-refractivity contribution < 1.29 is 9.59 Å². The van der Waals surface area contributed by atoms with E-state index in [2.05, 4.69) is 27.7 Å². The largest absolute Gasteiger partial charge is 0.353 e. The van der Waals surface area contributed by atoms with Gasteiger partial charge in [-0.05, 0) is 48.2 Å². The number of nitrogens with zero attached hydrogens (tertiary/aromatic N) is 1. The zero-order chi connectivity index (χ0) is 23.8. The van der Waals surface area contributed by atoms with E-state index in [1.165, 1.54) is 5.56 Å². The molecule has 3 aromatic rings. The molecular formula is C28H30ClN3O2. The average Bonchev–Trinajstić information content (AvgIpc) is 2.87. The molecule has 1 atom stereocenters. The molecule has 0 saturated carbocycles. The third-order valence-electron chi connectivity index (χ3n) is 6.20. The van der Waals surface area contributed by atoms with Crippen LogP contribution in [0.4, 0.5) is 0 Å². The highest BCUT2D eigenvalue weighted by atomic mass is 35.5. The van der Waals surface area contributed by atoms with E-state index >= 15 is 0 Å². The quantitative estimate of drug-likeness (QED) is 0.483. The zero-order valence-corrected chi connectivity index (χ0v) is 19.9. The molecule has 34 heavy (non-hydrogen) atoms. The molecule has 0 radical (unpaired) electrons. The van der Waals surface area contributed by atoms with Crippen molar-refractivity contribution in [2.24, 2.45) is 0 Å². The van der Waals surface area contributed by atoms with Gasteiger partial charge in [0.05, 0.1) is 12.5 Å². The number of benzene rings is 3. The monoisotopic (exact) mass is 475 g/mol. The molecule has 1 unspecified atom stereocenters.